The maximum atomic E-state index is 5.91. The Kier molecular flexibility index (Phi) is 5.07. The first-order valence-corrected chi connectivity index (χ1v) is 7.33. The van der Waals surface area contributed by atoms with Gasteiger partial charge < -0.3 is 11.1 Å². The predicted octanol–water partition coefficient (Wildman–Crippen LogP) is 3.37. The number of nitrogen functional groups attached to an aromatic ring is 1. The molecule has 0 radical (unpaired) electrons. The van der Waals surface area contributed by atoms with Gasteiger partial charge in [0, 0.05) is 33.5 Å². The number of hydrogen-bond acceptors (Lipinski definition) is 4. The molecule has 0 amide bonds. The molecular weight excluding hydrogens is 278 g/mol. The SMILES string of the molecule is CNC(CSc1ccc(Cl)cc1)c1cccnc1N. The fourth-order valence-corrected chi connectivity index (χ4v) is 2.92. The molecule has 0 spiro atoms. The average Bonchev–Trinajstić information content (AvgIpc) is 2.43. The first-order valence-electron chi connectivity index (χ1n) is 5.96. The van der Waals surface area contributed by atoms with Gasteiger partial charge in [-0.1, -0.05) is 17.7 Å². The largest absolute Gasteiger partial charge is 0.383 e. The molecule has 1 aromatic carbocycles. The summed E-state index contributed by atoms with van der Waals surface area (Å²) in [6.07, 6.45) is 1.71. The molecule has 0 saturated carbocycles. The highest BCUT2D eigenvalue weighted by molar-refractivity contribution is 7.99. The Morgan fingerprint density at radius 3 is 2.68 bits per heavy atom. The highest BCUT2D eigenvalue weighted by atomic mass is 35.5. The standard InChI is InChI=1S/C14H16ClN3S/c1-17-13(12-3-2-8-18-14(12)16)9-19-11-6-4-10(15)5-7-11/h2-8,13,17H,9H2,1H3,(H2,16,18). The van der Waals surface area contributed by atoms with Crippen LogP contribution in [-0.4, -0.2) is 17.8 Å². The van der Waals surface area contributed by atoms with Gasteiger partial charge in [0.15, 0.2) is 0 Å². The third kappa shape index (κ3) is 3.86. The second-order valence-electron chi connectivity index (χ2n) is 4.08. The van der Waals surface area contributed by atoms with Gasteiger partial charge in [0.05, 0.1) is 0 Å². The maximum absolute atomic E-state index is 5.91. The topological polar surface area (TPSA) is 50.9 Å². The summed E-state index contributed by atoms with van der Waals surface area (Å²) in [7, 11) is 1.93. The molecule has 1 atom stereocenters. The molecule has 1 aromatic heterocycles. The van der Waals surface area contributed by atoms with Crippen molar-refractivity contribution in [3.05, 3.63) is 53.2 Å². The molecule has 2 aromatic rings. The fourth-order valence-electron chi connectivity index (χ4n) is 1.76. The Morgan fingerprint density at radius 1 is 1.32 bits per heavy atom. The molecule has 100 valence electrons. The van der Waals surface area contributed by atoms with Crippen LogP contribution in [0.2, 0.25) is 5.02 Å². The van der Waals surface area contributed by atoms with Crippen LogP contribution in [0, 0.1) is 0 Å². The zero-order valence-electron chi connectivity index (χ0n) is 10.6. The lowest BCUT2D eigenvalue weighted by atomic mass is 10.1. The van der Waals surface area contributed by atoms with E-state index >= 15 is 0 Å². The molecule has 0 aliphatic heterocycles. The van der Waals surface area contributed by atoms with Crippen LogP contribution < -0.4 is 11.1 Å². The molecule has 1 unspecified atom stereocenters. The molecular formula is C14H16ClN3S. The van der Waals surface area contributed by atoms with Crippen LogP contribution in [0.4, 0.5) is 5.82 Å². The van der Waals surface area contributed by atoms with E-state index < -0.39 is 0 Å². The summed E-state index contributed by atoms with van der Waals surface area (Å²) in [5.74, 6) is 1.46. The van der Waals surface area contributed by atoms with Crippen molar-refractivity contribution >= 4 is 29.2 Å². The maximum Gasteiger partial charge on any atom is 0.128 e. The zero-order chi connectivity index (χ0) is 13.7. The minimum Gasteiger partial charge on any atom is -0.383 e. The Balaban J connectivity index is 2.04. The summed E-state index contributed by atoms with van der Waals surface area (Å²) < 4.78 is 0. The van der Waals surface area contributed by atoms with E-state index in [1.165, 1.54) is 4.90 Å². The van der Waals surface area contributed by atoms with E-state index in [4.69, 9.17) is 17.3 Å². The third-order valence-corrected chi connectivity index (χ3v) is 4.18. The number of nitrogens with zero attached hydrogens (tertiary/aromatic N) is 1. The molecule has 3 N–H and O–H groups in total. The van der Waals surface area contributed by atoms with Crippen LogP contribution in [-0.2, 0) is 0 Å². The zero-order valence-corrected chi connectivity index (χ0v) is 12.2. The number of halogens is 1. The van der Waals surface area contributed by atoms with Crippen molar-refractivity contribution in [1.29, 1.82) is 0 Å². The van der Waals surface area contributed by atoms with E-state index in [0.29, 0.717) is 5.82 Å². The molecule has 5 heteroatoms. The number of thioether (sulfide) groups is 1. The van der Waals surface area contributed by atoms with Crippen LogP contribution >= 0.6 is 23.4 Å². The van der Waals surface area contributed by atoms with Gasteiger partial charge in [-0.05, 0) is 37.4 Å². The van der Waals surface area contributed by atoms with Gasteiger partial charge in [-0.15, -0.1) is 11.8 Å². The fraction of sp³-hybridized carbons (Fsp3) is 0.214. The van der Waals surface area contributed by atoms with E-state index in [9.17, 15) is 0 Å². The van der Waals surface area contributed by atoms with Crippen molar-refractivity contribution in [3.8, 4) is 0 Å². The molecule has 0 bridgehead atoms. The normalized spacial score (nSPS) is 12.3. The molecule has 0 saturated heterocycles. The van der Waals surface area contributed by atoms with Crippen molar-refractivity contribution in [2.75, 3.05) is 18.5 Å². The Hall–Kier alpha value is -1.23. The van der Waals surface area contributed by atoms with Crippen molar-refractivity contribution in [3.63, 3.8) is 0 Å². The Bertz CT molecular complexity index is 530. The van der Waals surface area contributed by atoms with Gasteiger partial charge in [-0.25, -0.2) is 4.98 Å². The molecule has 0 fully saturated rings. The first kappa shape index (κ1) is 14.2. The van der Waals surface area contributed by atoms with Crippen LogP contribution in [0.5, 0.6) is 0 Å². The highest BCUT2D eigenvalue weighted by Gasteiger charge is 2.13. The van der Waals surface area contributed by atoms with E-state index in [-0.39, 0.29) is 6.04 Å². The number of aromatic nitrogens is 1. The minimum atomic E-state index is 0.175. The quantitative estimate of drug-likeness (QED) is 0.830. The lowest BCUT2D eigenvalue weighted by molar-refractivity contribution is 0.661. The molecule has 2 rings (SSSR count). The lowest BCUT2D eigenvalue weighted by Gasteiger charge is -2.17. The Morgan fingerprint density at radius 2 is 2.05 bits per heavy atom. The number of anilines is 1. The summed E-state index contributed by atoms with van der Waals surface area (Å²) in [5, 5.41) is 4.03. The molecule has 0 aliphatic carbocycles. The van der Waals surface area contributed by atoms with E-state index in [0.717, 1.165) is 16.3 Å². The van der Waals surface area contributed by atoms with Gasteiger partial charge >= 0.3 is 0 Å². The van der Waals surface area contributed by atoms with E-state index in [2.05, 4.69) is 10.3 Å². The van der Waals surface area contributed by atoms with Gasteiger partial charge in [0.2, 0.25) is 0 Å². The van der Waals surface area contributed by atoms with Crippen molar-refractivity contribution < 1.29 is 0 Å². The number of hydrogen-bond donors (Lipinski definition) is 2. The lowest BCUT2D eigenvalue weighted by Crippen LogP contribution is -2.20. The number of nitrogens with one attached hydrogen (secondary N) is 1. The van der Waals surface area contributed by atoms with Crippen molar-refractivity contribution in [1.82, 2.24) is 10.3 Å². The summed E-state index contributed by atoms with van der Waals surface area (Å²) in [6, 6.07) is 11.9. The minimum absolute atomic E-state index is 0.175. The highest BCUT2D eigenvalue weighted by Crippen LogP contribution is 2.27. The number of nitrogens with two attached hydrogens (primary N) is 1. The monoisotopic (exact) mass is 293 g/mol. The predicted molar refractivity (Wildman–Crippen MR) is 82.6 cm³/mol. The second kappa shape index (κ2) is 6.80. The first-order chi connectivity index (χ1) is 9.20. The van der Waals surface area contributed by atoms with Gasteiger partial charge in [0.25, 0.3) is 0 Å². The molecule has 0 aliphatic rings. The molecule has 1 heterocycles. The molecule has 3 nitrogen and oxygen atoms in total. The van der Waals surface area contributed by atoms with Crippen LogP contribution in [0.25, 0.3) is 0 Å². The van der Waals surface area contributed by atoms with Crippen LogP contribution in [0.1, 0.15) is 11.6 Å². The third-order valence-electron chi connectivity index (χ3n) is 2.83. The summed E-state index contributed by atoms with van der Waals surface area (Å²) in [5.41, 5.74) is 6.94. The molecule has 19 heavy (non-hydrogen) atoms. The summed E-state index contributed by atoms with van der Waals surface area (Å²) >= 11 is 7.63. The van der Waals surface area contributed by atoms with Crippen molar-refractivity contribution in [2.24, 2.45) is 0 Å². The second-order valence-corrected chi connectivity index (χ2v) is 5.61. The van der Waals surface area contributed by atoms with Crippen LogP contribution in [0.3, 0.4) is 0 Å². The summed E-state index contributed by atoms with van der Waals surface area (Å²) in [6.45, 7) is 0. The summed E-state index contributed by atoms with van der Waals surface area (Å²) in [4.78, 5) is 5.31. The smallest absolute Gasteiger partial charge is 0.128 e. The van der Waals surface area contributed by atoms with Gasteiger partial charge in [0.1, 0.15) is 5.82 Å². The van der Waals surface area contributed by atoms with E-state index in [1.807, 2.05) is 43.4 Å². The average molecular weight is 294 g/mol. The number of benzene rings is 1. The van der Waals surface area contributed by atoms with Gasteiger partial charge in [-0.3, -0.25) is 0 Å². The number of rotatable bonds is 5. The Labute approximate surface area is 122 Å². The van der Waals surface area contributed by atoms with Crippen LogP contribution in [0.15, 0.2) is 47.5 Å². The number of pyridine rings is 1. The van der Waals surface area contributed by atoms with Crippen molar-refractivity contribution in [2.45, 2.75) is 10.9 Å². The van der Waals surface area contributed by atoms with E-state index in [1.54, 1.807) is 18.0 Å². The van der Waals surface area contributed by atoms with Gasteiger partial charge in [-0.2, -0.15) is 0 Å².